The predicted octanol–water partition coefficient (Wildman–Crippen LogP) is 4.03. The molecule has 0 bridgehead atoms. The zero-order valence-electron chi connectivity index (χ0n) is 15.3. The third kappa shape index (κ3) is 3.05. The number of hydrogen-bond acceptors (Lipinski definition) is 4. The first-order valence-corrected chi connectivity index (χ1v) is 10.4. The molecule has 6 nitrogen and oxygen atoms in total. The van der Waals surface area contributed by atoms with Crippen molar-refractivity contribution in [3.8, 4) is 0 Å². The maximum Gasteiger partial charge on any atom is 0.278 e. The molecular formula is C20H13ClF2N4O2S. The molecule has 10 heteroatoms. The van der Waals surface area contributed by atoms with Gasteiger partial charge in [0.25, 0.3) is 5.56 Å². The van der Waals surface area contributed by atoms with Crippen molar-refractivity contribution < 1.29 is 13.6 Å². The number of hydrogen-bond donors (Lipinski definition) is 1. The van der Waals surface area contributed by atoms with Crippen LogP contribution in [0, 0.1) is 11.6 Å². The Morgan fingerprint density at radius 2 is 2.07 bits per heavy atom. The maximum absolute atomic E-state index is 13.9. The maximum atomic E-state index is 13.9. The quantitative estimate of drug-likeness (QED) is 0.482. The lowest BCUT2D eigenvalue weighted by Crippen LogP contribution is -2.25. The molecule has 0 saturated heterocycles. The number of carbonyl (C=O) groups is 1. The second kappa shape index (κ2) is 7.10. The van der Waals surface area contributed by atoms with E-state index in [1.807, 2.05) is 0 Å². The molecule has 2 aromatic heterocycles. The lowest BCUT2D eigenvalue weighted by molar-refractivity contribution is -0.116. The molecule has 5 rings (SSSR count). The first-order valence-electron chi connectivity index (χ1n) is 9.02. The van der Waals surface area contributed by atoms with Gasteiger partial charge in [-0.15, -0.1) is 0 Å². The number of anilines is 1. The van der Waals surface area contributed by atoms with Gasteiger partial charge in [0.05, 0.1) is 10.5 Å². The second-order valence-electron chi connectivity index (χ2n) is 6.82. The van der Waals surface area contributed by atoms with E-state index in [1.54, 1.807) is 4.57 Å². The van der Waals surface area contributed by atoms with E-state index in [4.69, 9.17) is 11.6 Å². The zero-order chi connectivity index (χ0) is 21.0. The highest BCUT2D eigenvalue weighted by Gasteiger charge is 2.23. The highest BCUT2D eigenvalue weighted by molar-refractivity contribution is 7.99. The molecule has 1 aliphatic rings. The summed E-state index contributed by atoms with van der Waals surface area (Å²) in [6, 6.07) is 7.96. The molecule has 1 aliphatic heterocycles. The monoisotopic (exact) mass is 446 g/mol. The molecule has 0 radical (unpaired) electrons. The van der Waals surface area contributed by atoms with Crippen LogP contribution in [0.1, 0.15) is 0 Å². The third-order valence-corrected chi connectivity index (χ3v) is 6.18. The van der Waals surface area contributed by atoms with Crippen molar-refractivity contribution in [1.29, 1.82) is 0 Å². The molecule has 152 valence electrons. The van der Waals surface area contributed by atoms with E-state index in [-0.39, 0.29) is 22.6 Å². The summed E-state index contributed by atoms with van der Waals surface area (Å²) in [6.07, 6.45) is 0. The summed E-state index contributed by atoms with van der Waals surface area (Å²) in [6.45, 7) is 0.321. The summed E-state index contributed by atoms with van der Waals surface area (Å²) in [4.78, 5) is 30.4. The van der Waals surface area contributed by atoms with Gasteiger partial charge in [0.1, 0.15) is 29.2 Å². The summed E-state index contributed by atoms with van der Waals surface area (Å²) in [5.41, 5.74) is 1.19. The van der Waals surface area contributed by atoms with Crippen molar-refractivity contribution in [3.05, 3.63) is 63.4 Å². The summed E-state index contributed by atoms with van der Waals surface area (Å²) in [5.74, 6) is -0.764. The second-order valence-corrected chi connectivity index (χ2v) is 8.29. The lowest BCUT2D eigenvalue weighted by atomic mass is 10.2. The van der Waals surface area contributed by atoms with Crippen LogP contribution in [-0.2, 0) is 17.9 Å². The van der Waals surface area contributed by atoms with Gasteiger partial charge in [-0.1, -0.05) is 23.4 Å². The topological polar surface area (TPSA) is 68.9 Å². The van der Waals surface area contributed by atoms with Crippen LogP contribution >= 0.6 is 23.4 Å². The van der Waals surface area contributed by atoms with Gasteiger partial charge in [-0.05, 0) is 36.4 Å². The van der Waals surface area contributed by atoms with E-state index < -0.39 is 17.5 Å². The molecule has 0 saturated carbocycles. The smallest absolute Gasteiger partial charge is 0.278 e. The van der Waals surface area contributed by atoms with E-state index >= 15 is 0 Å². The Hall–Kier alpha value is -2.91. The molecule has 0 fully saturated rings. The van der Waals surface area contributed by atoms with Crippen molar-refractivity contribution in [2.45, 2.75) is 18.2 Å². The minimum Gasteiger partial charge on any atom is -0.325 e. The van der Waals surface area contributed by atoms with Gasteiger partial charge in [0.15, 0.2) is 5.16 Å². The van der Waals surface area contributed by atoms with Crippen LogP contribution < -0.4 is 10.9 Å². The lowest BCUT2D eigenvalue weighted by Gasteiger charge is -2.10. The molecule has 1 N–H and O–H groups in total. The molecule has 1 amide bonds. The Morgan fingerprint density at radius 3 is 2.87 bits per heavy atom. The number of nitrogens with one attached hydrogen (secondary N) is 1. The van der Waals surface area contributed by atoms with Gasteiger partial charge in [-0.2, -0.15) is 0 Å². The van der Waals surface area contributed by atoms with E-state index in [0.29, 0.717) is 33.8 Å². The average molecular weight is 447 g/mol. The van der Waals surface area contributed by atoms with Crippen molar-refractivity contribution in [3.63, 3.8) is 0 Å². The molecule has 0 spiro atoms. The Morgan fingerprint density at radius 1 is 1.23 bits per heavy atom. The van der Waals surface area contributed by atoms with Crippen molar-refractivity contribution in [2.75, 3.05) is 11.1 Å². The number of fused-ring (bicyclic) bond motifs is 4. The Kier molecular flexibility index (Phi) is 4.52. The Bertz CT molecular complexity index is 1420. The fraction of sp³-hybridized carbons (Fsp3) is 0.150. The van der Waals surface area contributed by atoms with Gasteiger partial charge in [0, 0.05) is 23.4 Å². The van der Waals surface area contributed by atoms with E-state index in [0.717, 1.165) is 11.8 Å². The number of aromatic nitrogens is 3. The van der Waals surface area contributed by atoms with Gasteiger partial charge >= 0.3 is 0 Å². The molecule has 2 aromatic carbocycles. The Labute approximate surface area is 177 Å². The van der Waals surface area contributed by atoms with Gasteiger partial charge < -0.3 is 9.88 Å². The molecule has 30 heavy (non-hydrogen) atoms. The molecular weight excluding hydrogens is 434 g/mol. The number of rotatable bonds is 3. The normalized spacial score (nSPS) is 13.2. The first kappa shape index (κ1) is 19.1. The van der Waals surface area contributed by atoms with Crippen LogP contribution in [0.3, 0.4) is 0 Å². The standard InChI is InChI=1S/C20H13ClF2N4O2S/c21-13-8-11(2-3-14(13)23)24-16(28)9-27-15-4-1-10(22)7-12(15)17-18(27)19(29)26-5-6-30-20(26)25-17/h1-4,7-8H,5-6,9H2,(H,24,28). The number of nitrogens with zero attached hydrogens (tertiary/aromatic N) is 3. The van der Waals surface area contributed by atoms with Crippen LogP contribution in [0.4, 0.5) is 14.5 Å². The number of amides is 1. The molecule has 0 atom stereocenters. The highest BCUT2D eigenvalue weighted by Crippen LogP contribution is 2.30. The SMILES string of the molecule is O=C(Cn1c2ccc(F)cc2c2nc3n(c(=O)c21)CCS3)Nc1ccc(F)c(Cl)c1. The first-order chi connectivity index (χ1) is 14.4. The average Bonchev–Trinajstić information content (AvgIpc) is 3.29. The molecule has 0 aliphatic carbocycles. The summed E-state index contributed by atoms with van der Waals surface area (Å²) >= 11 is 7.23. The number of thioether (sulfide) groups is 1. The largest absolute Gasteiger partial charge is 0.325 e. The minimum atomic E-state index is -0.593. The zero-order valence-corrected chi connectivity index (χ0v) is 16.9. The third-order valence-electron chi connectivity index (χ3n) is 4.94. The summed E-state index contributed by atoms with van der Waals surface area (Å²) in [5, 5.41) is 3.58. The predicted molar refractivity (Wildman–Crippen MR) is 112 cm³/mol. The van der Waals surface area contributed by atoms with E-state index in [9.17, 15) is 18.4 Å². The van der Waals surface area contributed by atoms with Gasteiger partial charge in [0.2, 0.25) is 5.91 Å². The van der Waals surface area contributed by atoms with Crippen molar-refractivity contribution in [1.82, 2.24) is 14.1 Å². The van der Waals surface area contributed by atoms with Crippen molar-refractivity contribution in [2.24, 2.45) is 0 Å². The highest BCUT2D eigenvalue weighted by atomic mass is 35.5. The van der Waals surface area contributed by atoms with Crippen molar-refractivity contribution >= 4 is 56.9 Å². The van der Waals surface area contributed by atoms with Crippen LogP contribution in [0.15, 0.2) is 46.3 Å². The van der Waals surface area contributed by atoms with Gasteiger partial charge in [-0.25, -0.2) is 13.8 Å². The van der Waals surface area contributed by atoms with Crippen LogP contribution in [0.25, 0.3) is 21.9 Å². The number of benzene rings is 2. The van der Waals surface area contributed by atoms with E-state index in [2.05, 4.69) is 10.3 Å². The van der Waals surface area contributed by atoms with Crippen LogP contribution in [-0.4, -0.2) is 25.8 Å². The fourth-order valence-electron chi connectivity index (χ4n) is 3.63. The fourth-order valence-corrected chi connectivity index (χ4v) is 4.75. The summed E-state index contributed by atoms with van der Waals surface area (Å²) in [7, 11) is 0. The van der Waals surface area contributed by atoms with E-state index in [1.165, 1.54) is 46.7 Å². The van der Waals surface area contributed by atoms with Crippen LogP contribution in [0.5, 0.6) is 0 Å². The number of carbonyl (C=O) groups excluding carboxylic acids is 1. The minimum absolute atomic E-state index is 0.115. The summed E-state index contributed by atoms with van der Waals surface area (Å²) < 4.78 is 30.4. The molecule has 4 aromatic rings. The molecule has 0 unspecified atom stereocenters. The molecule has 3 heterocycles. The van der Waals surface area contributed by atoms with Gasteiger partial charge in [-0.3, -0.25) is 14.2 Å². The Balaban J connectivity index is 1.63. The van der Waals surface area contributed by atoms with Crippen LogP contribution in [0.2, 0.25) is 5.02 Å². The number of halogens is 3.